The third-order valence-electron chi connectivity index (χ3n) is 2.70. The number of non-ortho nitro benzene ring substituents is 1. The number of hydrogen-bond donors (Lipinski definition) is 0. The summed E-state index contributed by atoms with van der Waals surface area (Å²) in [6.45, 7) is 0.734. The fourth-order valence-corrected chi connectivity index (χ4v) is 2.33. The molecule has 4 nitrogen and oxygen atoms in total. The number of ether oxygens (including phenoxy) is 1. The maximum Gasteiger partial charge on any atom is 0.269 e. The molecule has 0 unspecified atom stereocenters. The number of halogens is 1. The topological polar surface area (TPSA) is 52.4 Å². The first-order valence-electron chi connectivity index (χ1n) is 5.17. The van der Waals surface area contributed by atoms with E-state index in [2.05, 4.69) is 15.9 Å². The van der Waals surface area contributed by atoms with Crippen molar-refractivity contribution in [3.05, 3.63) is 39.9 Å². The van der Waals surface area contributed by atoms with Gasteiger partial charge in [-0.2, -0.15) is 0 Å². The summed E-state index contributed by atoms with van der Waals surface area (Å²) in [5.41, 5.74) is 1.13. The van der Waals surface area contributed by atoms with E-state index in [0.29, 0.717) is 4.83 Å². The smallest absolute Gasteiger partial charge is 0.269 e. The summed E-state index contributed by atoms with van der Waals surface area (Å²) < 4.78 is 5.63. The second-order valence-corrected chi connectivity index (χ2v) is 5.12. The van der Waals surface area contributed by atoms with Crippen LogP contribution in [-0.2, 0) is 4.74 Å². The number of alkyl halides is 1. The van der Waals surface area contributed by atoms with Gasteiger partial charge in [-0.1, -0.05) is 15.9 Å². The Kier molecular flexibility index (Phi) is 3.56. The molecule has 1 aromatic rings. The predicted octanol–water partition coefficient (Wildman–Crippen LogP) is 3.21. The van der Waals surface area contributed by atoms with Crippen LogP contribution in [0.15, 0.2) is 24.3 Å². The number of nitrogens with zero attached hydrogens (tertiary/aromatic N) is 1. The summed E-state index contributed by atoms with van der Waals surface area (Å²) in [4.78, 5) is 10.6. The van der Waals surface area contributed by atoms with E-state index in [1.165, 1.54) is 12.1 Å². The molecule has 0 spiro atoms. The van der Waals surface area contributed by atoms with Gasteiger partial charge in [-0.05, 0) is 30.5 Å². The van der Waals surface area contributed by atoms with Crippen molar-refractivity contribution < 1.29 is 9.66 Å². The normalized spacial score (nSPS) is 25.3. The van der Waals surface area contributed by atoms with E-state index in [4.69, 9.17) is 4.74 Å². The zero-order chi connectivity index (χ0) is 11.5. The molecule has 1 aromatic carbocycles. The summed E-state index contributed by atoms with van der Waals surface area (Å²) in [6.07, 6.45) is 1.99. The Balaban J connectivity index is 2.11. The number of rotatable bonds is 2. The van der Waals surface area contributed by atoms with Crippen LogP contribution in [0.5, 0.6) is 0 Å². The Morgan fingerprint density at radius 2 is 2.06 bits per heavy atom. The van der Waals surface area contributed by atoms with Gasteiger partial charge in [-0.15, -0.1) is 0 Å². The van der Waals surface area contributed by atoms with Crippen LogP contribution in [0.3, 0.4) is 0 Å². The van der Waals surface area contributed by atoms with Crippen LogP contribution in [0.1, 0.15) is 24.5 Å². The van der Waals surface area contributed by atoms with E-state index < -0.39 is 4.92 Å². The van der Waals surface area contributed by atoms with Crippen LogP contribution in [0.4, 0.5) is 5.69 Å². The third-order valence-corrected chi connectivity index (χ3v) is 3.53. The first kappa shape index (κ1) is 11.5. The van der Waals surface area contributed by atoms with Gasteiger partial charge in [0.05, 0.1) is 11.0 Å². The maximum absolute atomic E-state index is 10.5. The Hall–Kier alpha value is -0.940. The average molecular weight is 286 g/mol. The lowest BCUT2D eigenvalue weighted by atomic mass is 10.0. The van der Waals surface area contributed by atoms with Crippen molar-refractivity contribution in [2.75, 3.05) is 6.61 Å². The summed E-state index contributed by atoms with van der Waals surface area (Å²) in [5.74, 6) is 0. The van der Waals surface area contributed by atoms with Gasteiger partial charge in [0.2, 0.25) is 0 Å². The van der Waals surface area contributed by atoms with Crippen LogP contribution < -0.4 is 0 Å². The molecule has 2 rings (SSSR count). The zero-order valence-corrected chi connectivity index (χ0v) is 10.2. The molecular formula is C11H12BrNO3. The van der Waals surface area contributed by atoms with E-state index in [0.717, 1.165) is 25.0 Å². The van der Waals surface area contributed by atoms with Crippen LogP contribution in [-0.4, -0.2) is 16.4 Å². The van der Waals surface area contributed by atoms with Gasteiger partial charge in [0, 0.05) is 23.6 Å². The molecule has 1 aliphatic rings. The van der Waals surface area contributed by atoms with Crippen LogP contribution in [0.2, 0.25) is 0 Å². The highest BCUT2D eigenvalue weighted by atomic mass is 79.9. The largest absolute Gasteiger partial charge is 0.373 e. The fourth-order valence-electron chi connectivity index (χ4n) is 1.80. The SMILES string of the molecule is O=[N+]([O-])c1ccc([C@@H]2C[C@H](Br)CCO2)cc1. The Labute approximate surface area is 102 Å². The predicted molar refractivity (Wildman–Crippen MR) is 63.7 cm³/mol. The van der Waals surface area contributed by atoms with E-state index in [-0.39, 0.29) is 11.8 Å². The molecule has 1 saturated heterocycles. The molecule has 0 amide bonds. The van der Waals surface area contributed by atoms with E-state index >= 15 is 0 Å². The van der Waals surface area contributed by atoms with Crippen molar-refractivity contribution in [2.45, 2.75) is 23.8 Å². The van der Waals surface area contributed by atoms with Crippen molar-refractivity contribution in [1.82, 2.24) is 0 Å². The minimum absolute atomic E-state index is 0.0546. The quantitative estimate of drug-likeness (QED) is 0.476. The number of nitro groups is 1. The highest BCUT2D eigenvalue weighted by Gasteiger charge is 2.22. The van der Waals surface area contributed by atoms with E-state index in [1.54, 1.807) is 12.1 Å². The lowest BCUT2D eigenvalue weighted by molar-refractivity contribution is -0.384. The van der Waals surface area contributed by atoms with Crippen LogP contribution >= 0.6 is 15.9 Å². The third kappa shape index (κ3) is 2.59. The molecule has 0 aliphatic carbocycles. The molecule has 0 N–H and O–H groups in total. The lowest BCUT2D eigenvalue weighted by Gasteiger charge is -2.26. The molecule has 86 valence electrons. The van der Waals surface area contributed by atoms with Crippen molar-refractivity contribution in [2.24, 2.45) is 0 Å². The van der Waals surface area contributed by atoms with Gasteiger partial charge < -0.3 is 4.74 Å². The van der Waals surface area contributed by atoms with E-state index in [9.17, 15) is 10.1 Å². The minimum Gasteiger partial charge on any atom is -0.373 e. The minimum atomic E-state index is -0.390. The molecular weight excluding hydrogens is 274 g/mol. The molecule has 0 radical (unpaired) electrons. The van der Waals surface area contributed by atoms with Crippen molar-refractivity contribution in [3.63, 3.8) is 0 Å². The molecule has 0 aromatic heterocycles. The lowest BCUT2D eigenvalue weighted by Crippen LogP contribution is -2.19. The fraction of sp³-hybridized carbons (Fsp3) is 0.455. The van der Waals surface area contributed by atoms with Gasteiger partial charge in [-0.25, -0.2) is 0 Å². The van der Waals surface area contributed by atoms with Crippen molar-refractivity contribution in [3.8, 4) is 0 Å². The summed E-state index contributed by atoms with van der Waals surface area (Å²) in [7, 11) is 0. The van der Waals surface area contributed by atoms with Crippen LogP contribution in [0, 0.1) is 10.1 Å². The summed E-state index contributed by atoms with van der Waals surface area (Å²) >= 11 is 3.58. The Bertz CT molecular complexity index is 379. The average Bonchev–Trinajstić information content (AvgIpc) is 2.29. The zero-order valence-electron chi connectivity index (χ0n) is 8.64. The number of nitro benzene ring substituents is 1. The van der Waals surface area contributed by atoms with Gasteiger partial charge in [0.1, 0.15) is 0 Å². The van der Waals surface area contributed by atoms with Crippen molar-refractivity contribution >= 4 is 21.6 Å². The second-order valence-electron chi connectivity index (χ2n) is 3.83. The van der Waals surface area contributed by atoms with Gasteiger partial charge in [-0.3, -0.25) is 10.1 Å². The highest BCUT2D eigenvalue weighted by Crippen LogP contribution is 2.32. The molecule has 0 bridgehead atoms. The molecule has 1 heterocycles. The monoisotopic (exact) mass is 285 g/mol. The molecule has 1 fully saturated rings. The highest BCUT2D eigenvalue weighted by molar-refractivity contribution is 9.09. The standard InChI is InChI=1S/C11H12BrNO3/c12-9-5-6-16-11(7-9)8-1-3-10(4-2-8)13(14)15/h1-4,9,11H,5-7H2/t9-,11+/m1/s1. The molecule has 5 heteroatoms. The molecule has 0 saturated carbocycles. The first-order valence-corrected chi connectivity index (χ1v) is 6.08. The number of hydrogen-bond acceptors (Lipinski definition) is 3. The van der Waals surface area contributed by atoms with Gasteiger partial charge >= 0.3 is 0 Å². The van der Waals surface area contributed by atoms with Crippen LogP contribution in [0.25, 0.3) is 0 Å². The maximum atomic E-state index is 10.5. The summed E-state index contributed by atoms with van der Waals surface area (Å²) in [5, 5.41) is 10.5. The van der Waals surface area contributed by atoms with Gasteiger partial charge in [0.15, 0.2) is 0 Å². The second kappa shape index (κ2) is 4.93. The molecule has 2 atom stereocenters. The van der Waals surface area contributed by atoms with E-state index in [1.807, 2.05) is 0 Å². The van der Waals surface area contributed by atoms with Gasteiger partial charge in [0.25, 0.3) is 5.69 Å². The van der Waals surface area contributed by atoms with Crippen molar-refractivity contribution in [1.29, 1.82) is 0 Å². The first-order chi connectivity index (χ1) is 7.66. The molecule has 16 heavy (non-hydrogen) atoms. The Morgan fingerprint density at radius 1 is 1.38 bits per heavy atom. The Morgan fingerprint density at radius 3 is 2.62 bits per heavy atom. The molecule has 1 aliphatic heterocycles. The number of benzene rings is 1. The summed E-state index contributed by atoms with van der Waals surface area (Å²) in [6, 6.07) is 6.59.